The predicted molar refractivity (Wildman–Crippen MR) is 123 cm³/mol. The van der Waals surface area contributed by atoms with Crippen LogP contribution in [0.25, 0.3) is 0 Å². The van der Waals surface area contributed by atoms with Gasteiger partial charge in [0.15, 0.2) is 0 Å². The Kier molecular flexibility index (Phi) is 7.79. The molecule has 2 aromatic rings. The molecule has 10 heteroatoms. The summed E-state index contributed by atoms with van der Waals surface area (Å²) in [4.78, 5) is 18.8. The van der Waals surface area contributed by atoms with E-state index in [1.807, 2.05) is 27.7 Å². The van der Waals surface area contributed by atoms with Crippen LogP contribution in [0.2, 0.25) is 0 Å². The summed E-state index contributed by atoms with van der Waals surface area (Å²) in [6.45, 7) is 8.74. The van der Waals surface area contributed by atoms with Crippen molar-refractivity contribution in [3.05, 3.63) is 47.3 Å². The average molecular weight is 500 g/mol. The zero-order valence-electron chi connectivity index (χ0n) is 20.0. The molecule has 34 heavy (non-hydrogen) atoms. The molecule has 1 saturated carbocycles. The van der Waals surface area contributed by atoms with Crippen LogP contribution >= 0.6 is 0 Å². The monoisotopic (exact) mass is 499 g/mol. The minimum Gasteiger partial charge on any atom is -0.337 e. The number of aromatic nitrogens is 2. The molecule has 0 aliphatic heterocycles. The molecule has 0 bridgehead atoms. The standard InChI is InChI=1S/C24H32F3N3O3S/c1-16(2)10-22(31)29(13-17(3)4)14-21-12-28-23(30(21)20-8-9-20)34(32,33)15-18-6-5-7-19(11-18)24(25,26)27/h5-7,11-12,16-17,20H,8-10,13-15H2,1-4H3. The Hall–Kier alpha value is -2.36. The Balaban J connectivity index is 1.90. The van der Waals surface area contributed by atoms with Crippen molar-refractivity contribution in [3.63, 3.8) is 0 Å². The van der Waals surface area contributed by atoms with Crippen LogP contribution in [0.1, 0.15) is 69.8 Å². The van der Waals surface area contributed by atoms with Crippen molar-refractivity contribution in [2.45, 2.75) is 76.6 Å². The largest absolute Gasteiger partial charge is 0.416 e. The normalized spacial score (nSPS) is 14.7. The van der Waals surface area contributed by atoms with Gasteiger partial charge >= 0.3 is 6.18 Å². The van der Waals surface area contributed by atoms with E-state index in [-0.39, 0.29) is 41.0 Å². The van der Waals surface area contributed by atoms with E-state index < -0.39 is 27.3 Å². The highest BCUT2D eigenvalue weighted by Gasteiger charge is 2.35. The molecule has 0 radical (unpaired) electrons. The summed E-state index contributed by atoms with van der Waals surface area (Å²) in [5, 5.41) is -0.150. The number of nitrogens with zero attached hydrogens (tertiary/aromatic N) is 3. The molecular formula is C24H32F3N3O3S. The second kappa shape index (κ2) is 10.1. The van der Waals surface area contributed by atoms with Crippen LogP contribution in [0, 0.1) is 11.8 Å². The number of benzene rings is 1. The molecule has 0 spiro atoms. The molecule has 188 valence electrons. The zero-order valence-corrected chi connectivity index (χ0v) is 20.8. The second-order valence-corrected chi connectivity index (χ2v) is 11.7. The van der Waals surface area contributed by atoms with Crippen molar-refractivity contribution in [2.75, 3.05) is 6.54 Å². The number of imidazole rings is 1. The lowest BCUT2D eigenvalue weighted by atomic mass is 10.1. The molecule has 3 rings (SSSR count). The quantitative estimate of drug-likeness (QED) is 0.448. The lowest BCUT2D eigenvalue weighted by molar-refractivity contribution is -0.137. The van der Waals surface area contributed by atoms with Crippen molar-refractivity contribution >= 4 is 15.7 Å². The van der Waals surface area contributed by atoms with Crippen molar-refractivity contribution in [1.82, 2.24) is 14.5 Å². The first-order chi connectivity index (χ1) is 15.8. The highest BCUT2D eigenvalue weighted by atomic mass is 32.2. The Morgan fingerprint density at radius 1 is 1.18 bits per heavy atom. The predicted octanol–water partition coefficient (Wildman–Crippen LogP) is 5.24. The van der Waals surface area contributed by atoms with E-state index in [2.05, 4.69) is 4.98 Å². The number of hydrogen-bond acceptors (Lipinski definition) is 4. The Bertz CT molecular complexity index is 1120. The molecule has 1 aliphatic carbocycles. The van der Waals surface area contributed by atoms with Crippen LogP contribution < -0.4 is 0 Å². The van der Waals surface area contributed by atoms with Crippen LogP contribution in [-0.2, 0) is 33.1 Å². The maximum Gasteiger partial charge on any atom is 0.416 e. The summed E-state index contributed by atoms with van der Waals surface area (Å²) < 4.78 is 67.3. The number of carbonyl (C=O) groups excluding carboxylic acids is 1. The van der Waals surface area contributed by atoms with E-state index in [0.29, 0.717) is 18.7 Å². The van der Waals surface area contributed by atoms with Crippen molar-refractivity contribution in [1.29, 1.82) is 0 Å². The van der Waals surface area contributed by atoms with E-state index in [1.165, 1.54) is 18.3 Å². The highest BCUT2D eigenvalue weighted by molar-refractivity contribution is 7.90. The van der Waals surface area contributed by atoms with Crippen LogP contribution in [0.15, 0.2) is 35.6 Å². The minimum atomic E-state index is -4.55. The first kappa shape index (κ1) is 26.2. The number of carbonyl (C=O) groups is 1. The third-order valence-electron chi connectivity index (χ3n) is 5.51. The fraction of sp³-hybridized carbons (Fsp3) is 0.583. The van der Waals surface area contributed by atoms with Gasteiger partial charge in [0.25, 0.3) is 0 Å². The van der Waals surface area contributed by atoms with E-state index in [9.17, 15) is 26.4 Å². The minimum absolute atomic E-state index is 0.000574. The van der Waals surface area contributed by atoms with Gasteiger partial charge < -0.3 is 9.47 Å². The summed E-state index contributed by atoms with van der Waals surface area (Å²) in [6, 6.07) is 4.31. The van der Waals surface area contributed by atoms with Gasteiger partial charge in [0.2, 0.25) is 20.9 Å². The first-order valence-corrected chi connectivity index (χ1v) is 13.2. The van der Waals surface area contributed by atoms with Crippen LogP contribution in [0.5, 0.6) is 0 Å². The number of hydrogen-bond donors (Lipinski definition) is 0. The van der Waals surface area contributed by atoms with Gasteiger partial charge in [-0.3, -0.25) is 4.79 Å². The summed E-state index contributed by atoms with van der Waals surface area (Å²) in [6.07, 6.45) is -1.10. The number of amides is 1. The van der Waals surface area contributed by atoms with E-state index in [0.717, 1.165) is 25.0 Å². The molecular weight excluding hydrogens is 467 g/mol. The van der Waals surface area contributed by atoms with Gasteiger partial charge in [0.1, 0.15) is 0 Å². The summed E-state index contributed by atoms with van der Waals surface area (Å²) in [5.41, 5.74) is -0.211. The fourth-order valence-electron chi connectivity index (χ4n) is 3.94. The van der Waals surface area contributed by atoms with Crippen LogP contribution in [0.4, 0.5) is 13.2 Å². The van der Waals surface area contributed by atoms with Gasteiger partial charge in [0.05, 0.1) is 29.8 Å². The first-order valence-electron chi connectivity index (χ1n) is 11.5. The highest BCUT2D eigenvalue weighted by Crippen LogP contribution is 2.39. The molecule has 1 aromatic heterocycles. The lowest BCUT2D eigenvalue weighted by Crippen LogP contribution is -2.35. The molecule has 1 heterocycles. The average Bonchev–Trinajstić information content (AvgIpc) is 3.45. The van der Waals surface area contributed by atoms with Gasteiger partial charge in [-0.15, -0.1) is 0 Å². The topological polar surface area (TPSA) is 72.3 Å². The number of rotatable bonds is 10. The third kappa shape index (κ3) is 6.61. The molecule has 1 amide bonds. The zero-order chi connectivity index (χ0) is 25.3. The maximum absolute atomic E-state index is 13.2. The molecule has 6 nitrogen and oxygen atoms in total. The fourth-order valence-corrected chi connectivity index (χ4v) is 5.46. The molecule has 0 N–H and O–H groups in total. The van der Waals surface area contributed by atoms with E-state index in [1.54, 1.807) is 9.47 Å². The van der Waals surface area contributed by atoms with Gasteiger partial charge in [0, 0.05) is 19.0 Å². The molecule has 1 aliphatic rings. The smallest absolute Gasteiger partial charge is 0.337 e. The molecule has 0 atom stereocenters. The molecule has 0 saturated heterocycles. The molecule has 1 fully saturated rings. The van der Waals surface area contributed by atoms with Gasteiger partial charge in [-0.25, -0.2) is 13.4 Å². The number of sulfone groups is 1. The van der Waals surface area contributed by atoms with Crippen molar-refractivity contribution < 1.29 is 26.4 Å². The molecule has 0 unspecified atom stereocenters. The Morgan fingerprint density at radius 2 is 1.85 bits per heavy atom. The van der Waals surface area contributed by atoms with Crippen molar-refractivity contribution in [2.24, 2.45) is 11.8 Å². The third-order valence-corrected chi connectivity index (χ3v) is 7.09. The Labute approximate surface area is 199 Å². The van der Waals surface area contributed by atoms with Gasteiger partial charge in [-0.2, -0.15) is 13.2 Å². The van der Waals surface area contributed by atoms with Crippen LogP contribution in [0.3, 0.4) is 0 Å². The SMILES string of the molecule is CC(C)CC(=O)N(Cc1cnc(S(=O)(=O)Cc2cccc(C(F)(F)F)c2)n1C1CC1)CC(C)C. The van der Waals surface area contributed by atoms with Crippen molar-refractivity contribution in [3.8, 4) is 0 Å². The van der Waals surface area contributed by atoms with Crippen LogP contribution in [-0.4, -0.2) is 35.3 Å². The number of alkyl halides is 3. The summed E-state index contributed by atoms with van der Waals surface area (Å²) >= 11 is 0. The van der Waals surface area contributed by atoms with E-state index >= 15 is 0 Å². The summed E-state index contributed by atoms with van der Waals surface area (Å²) in [7, 11) is -4.01. The summed E-state index contributed by atoms with van der Waals surface area (Å²) in [5.74, 6) is -0.153. The van der Waals surface area contributed by atoms with Gasteiger partial charge in [-0.05, 0) is 36.3 Å². The van der Waals surface area contributed by atoms with Gasteiger partial charge in [-0.1, -0.05) is 45.9 Å². The number of halogens is 3. The second-order valence-electron chi connectivity index (χ2n) is 9.86. The van der Waals surface area contributed by atoms with E-state index in [4.69, 9.17) is 0 Å². The Morgan fingerprint density at radius 3 is 2.41 bits per heavy atom. The lowest BCUT2D eigenvalue weighted by Gasteiger charge is -2.26. The molecule has 1 aromatic carbocycles. The maximum atomic E-state index is 13.2.